The molecule has 1 aromatic rings. The van der Waals surface area contributed by atoms with Crippen LogP contribution in [0.15, 0.2) is 18.2 Å². The van der Waals surface area contributed by atoms with Gasteiger partial charge >= 0.3 is 5.97 Å². The van der Waals surface area contributed by atoms with Crippen molar-refractivity contribution in [3.63, 3.8) is 0 Å². The highest BCUT2D eigenvalue weighted by Crippen LogP contribution is 2.32. The zero-order valence-corrected chi connectivity index (χ0v) is 10.6. The number of hydrogen-bond acceptors (Lipinski definition) is 4. The predicted molar refractivity (Wildman–Crippen MR) is 64.2 cm³/mol. The first-order valence-corrected chi connectivity index (χ1v) is 5.77. The molecule has 2 unspecified atom stereocenters. The summed E-state index contributed by atoms with van der Waals surface area (Å²) in [6, 6.07) is 4.39. The molecule has 0 spiro atoms. The number of nitrogens with one attached hydrogen (secondary N) is 1. The number of benzene rings is 1. The first-order valence-electron chi connectivity index (χ1n) is 5.77. The fourth-order valence-corrected chi connectivity index (χ4v) is 2.24. The molecule has 2 atom stereocenters. The summed E-state index contributed by atoms with van der Waals surface area (Å²) in [5.41, 5.74) is 0.562. The Hall–Kier alpha value is -2.11. The highest BCUT2D eigenvalue weighted by molar-refractivity contribution is 6.00. The van der Waals surface area contributed by atoms with Gasteiger partial charge in [-0.1, -0.05) is 6.07 Å². The van der Waals surface area contributed by atoms with Crippen molar-refractivity contribution >= 4 is 11.9 Å². The van der Waals surface area contributed by atoms with E-state index < -0.39 is 29.5 Å². The Morgan fingerprint density at radius 1 is 1.42 bits per heavy atom. The van der Waals surface area contributed by atoms with Crippen LogP contribution in [0.1, 0.15) is 11.5 Å². The van der Waals surface area contributed by atoms with Crippen LogP contribution in [-0.2, 0) is 14.3 Å². The molecule has 0 bridgehead atoms. The number of methoxy groups -OCH3 is 2. The highest BCUT2D eigenvalue weighted by Gasteiger charge is 2.42. The number of carbonyl (C=O) groups excluding carboxylic acids is 2. The van der Waals surface area contributed by atoms with E-state index in [2.05, 4.69) is 10.1 Å². The van der Waals surface area contributed by atoms with Crippen LogP contribution in [0.5, 0.6) is 5.75 Å². The van der Waals surface area contributed by atoms with E-state index in [0.717, 1.165) is 0 Å². The summed E-state index contributed by atoms with van der Waals surface area (Å²) in [6.07, 6.45) is 0. The molecule has 1 saturated heterocycles. The monoisotopic (exact) mass is 267 g/mol. The second-order valence-corrected chi connectivity index (χ2v) is 4.25. The van der Waals surface area contributed by atoms with Crippen LogP contribution in [0, 0.1) is 11.7 Å². The van der Waals surface area contributed by atoms with Gasteiger partial charge in [-0.3, -0.25) is 9.59 Å². The molecule has 6 heteroatoms. The zero-order chi connectivity index (χ0) is 14.0. The van der Waals surface area contributed by atoms with Crippen molar-refractivity contribution in [3.05, 3.63) is 29.6 Å². The van der Waals surface area contributed by atoms with Gasteiger partial charge in [-0.25, -0.2) is 4.39 Å². The average molecular weight is 267 g/mol. The van der Waals surface area contributed by atoms with Gasteiger partial charge in [0.2, 0.25) is 5.91 Å². The molecule has 1 heterocycles. The lowest BCUT2D eigenvalue weighted by molar-refractivity contribution is -0.149. The van der Waals surface area contributed by atoms with E-state index in [9.17, 15) is 14.0 Å². The van der Waals surface area contributed by atoms with Gasteiger partial charge in [-0.2, -0.15) is 0 Å². The van der Waals surface area contributed by atoms with Gasteiger partial charge in [0.05, 0.1) is 14.2 Å². The Morgan fingerprint density at radius 2 is 2.16 bits per heavy atom. The lowest BCUT2D eigenvalue weighted by Gasteiger charge is -2.15. The van der Waals surface area contributed by atoms with Crippen molar-refractivity contribution in [2.24, 2.45) is 5.92 Å². The average Bonchev–Trinajstić information content (AvgIpc) is 2.79. The van der Waals surface area contributed by atoms with Gasteiger partial charge in [0.15, 0.2) is 11.6 Å². The minimum Gasteiger partial charge on any atom is -0.494 e. The van der Waals surface area contributed by atoms with E-state index in [1.165, 1.54) is 26.4 Å². The molecule has 5 nitrogen and oxygen atoms in total. The van der Waals surface area contributed by atoms with Crippen LogP contribution in [0.4, 0.5) is 4.39 Å². The summed E-state index contributed by atoms with van der Waals surface area (Å²) in [5.74, 6) is -2.78. The van der Waals surface area contributed by atoms with Crippen molar-refractivity contribution in [1.29, 1.82) is 0 Å². The molecule has 1 aromatic carbocycles. The van der Waals surface area contributed by atoms with Crippen molar-refractivity contribution in [1.82, 2.24) is 5.32 Å². The van der Waals surface area contributed by atoms with E-state index in [4.69, 9.17) is 4.74 Å². The normalized spacial score (nSPS) is 21.9. The molecule has 1 amide bonds. The van der Waals surface area contributed by atoms with Crippen molar-refractivity contribution in [2.75, 3.05) is 20.8 Å². The standard InChI is InChI=1S/C13H14FNO4/c1-18-10-4-3-7(5-9(10)14)8-6-15-12(16)11(8)13(17)19-2/h3-5,8,11H,6H2,1-2H3,(H,15,16). The molecular formula is C13H14FNO4. The number of rotatable bonds is 3. The van der Waals surface area contributed by atoms with E-state index in [-0.39, 0.29) is 12.3 Å². The number of halogens is 1. The zero-order valence-electron chi connectivity index (χ0n) is 10.6. The molecule has 0 saturated carbocycles. The number of ether oxygens (including phenoxy) is 2. The second-order valence-electron chi connectivity index (χ2n) is 4.25. The molecule has 19 heavy (non-hydrogen) atoms. The van der Waals surface area contributed by atoms with E-state index in [1.54, 1.807) is 6.07 Å². The Kier molecular flexibility index (Phi) is 3.69. The van der Waals surface area contributed by atoms with Crippen LogP contribution in [0.2, 0.25) is 0 Å². The summed E-state index contributed by atoms with van der Waals surface area (Å²) in [6.45, 7) is 0.282. The Balaban J connectivity index is 2.32. The highest BCUT2D eigenvalue weighted by atomic mass is 19.1. The first kappa shape index (κ1) is 13.3. The van der Waals surface area contributed by atoms with Crippen LogP contribution in [-0.4, -0.2) is 32.6 Å². The second kappa shape index (κ2) is 5.26. The SMILES string of the molecule is COC(=O)C1C(=O)NCC1c1ccc(OC)c(F)c1. The maximum absolute atomic E-state index is 13.7. The number of esters is 1. The number of carbonyl (C=O) groups is 2. The van der Waals surface area contributed by atoms with Gasteiger partial charge < -0.3 is 14.8 Å². The van der Waals surface area contributed by atoms with Crippen LogP contribution >= 0.6 is 0 Å². The third-order valence-corrected chi connectivity index (χ3v) is 3.24. The first-order chi connectivity index (χ1) is 9.08. The van der Waals surface area contributed by atoms with Gasteiger partial charge in [-0.15, -0.1) is 0 Å². The molecule has 2 rings (SSSR count). The van der Waals surface area contributed by atoms with Gasteiger partial charge in [0, 0.05) is 12.5 Å². The summed E-state index contributed by atoms with van der Waals surface area (Å²) >= 11 is 0. The summed E-state index contributed by atoms with van der Waals surface area (Å²) in [5, 5.41) is 2.59. The molecule has 1 aliphatic heterocycles. The lowest BCUT2D eigenvalue weighted by atomic mass is 9.88. The molecule has 1 aliphatic rings. The largest absolute Gasteiger partial charge is 0.494 e. The molecule has 0 aromatic heterocycles. The summed E-state index contributed by atoms with van der Waals surface area (Å²) < 4.78 is 23.1. The summed E-state index contributed by atoms with van der Waals surface area (Å²) in [7, 11) is 2.59. The lowest BCUT2D eigenvalue weighted by Crippen LogP contribution is -2.28. The maximum Gasteiger partial charge on any atom is 0.318 e. The quantitative estimate of drug-likeness (QED) is 0.651. The third kappa shape index (κ3) is 2.38. The summed E-state index contributed by atoms with van der Waals surface area (Å²) in [4.78, 5) is 23.3. The Morgan fingerprint density at radius 3 is 2.74 bits per heavy atom. The minimum absolute atomic E-state index is 0.121. The van der Waals surface area contributed by atoms with Gasteiger partial charge in [0.25, 0.3) is 0 Å². The Labute approximate surface area is 109 Å². The molecule has 102 valence electrons. The maximum atomic E-state index is 13.7. The third-order valence-electron chi connectivity index (χ3n) is 3.24. The molecule has 1 fully saturated rings. The topological polar surface area (TPSA) is 64.6 Å². The fraction of sp³-hybridized carbons (Fsp3) is 0.385. The van der Waals surface area contributed by atoms with Crippen molar-refractivity contribution in [2.45, 2.75) is 5.92 Å². The van der Waals surface area contributed by atoms with Crippen LogP contribution in [0.25, 0.3) is 0 Å². The van der Waals surface area contributed by atoms with E-state index in [0.29, 0.717) is 5.56 Å². The fourth-order valence-electron chi connectivity index (χ4n) is 2.24. The molecular weight excluding hydrogens is 253 g/mol. The minimum atomic E-state index is -0.933. The molecule has 0 radical (unpaired) electrons. The predicted octanol–water partition coefficient (Wildman–Crippen LogP) is 0.837. The van der Waals surface area contributed by atoms with E-state index >= 15 is 0 Å². The van der Waals surface area contributed by atoms with Gasteiger partial charge in [-0.05, 0) is 17.7 Å². The molecule has 1 N–H and O–H groups in total. The van der Waals surface area contributed by atoms with Gasteiger partial charge in [0.1, 0.15) is 5.92 Å². The number of amides is 1. The number of hydrogen-bond donors (Lipinski definition) is 1. The van der Waals surface area contributed by atoms with Crippen LogP contribution in [0.3, 0.4) is 0 Å². The van der Waals surface area contributed by atoms with E-state index in [1.807, 2.05) is 0 Å². The Bertz CT molecular complexity index is 517. The molecule has 0 aliphatic carbocycles. The smallest absolute Gasteiger partial charge is 0.318 e. The van der Waals surface area contributed by atoms with Crippen LogP contribution < -0.4 is 10.1 Å². The van der Waals surface area contributed by atoms with Crippen molar-refractivity contribution in [3.8, 4) is 5.75 Å². The van der Waals surface area contributed by atoms with Crippen molar-refractivity contribution < 1.29 is 23.5 Å².